The Morgan fingerprint density at radius 3 is 2.96 bits per heavy atom. The van der Waals surface area contributed by atoms with Gasteiger partial charge < -0.3 is 0 Å². The molecule has 0 amide bonds. The first-order chi connectivity index (χ1) is 13.7. The van der Waals surface area contributed by atoms with Crippen LogP contribution in [0.4, 0.5) is 0 Å². The first-order valence-corrected chi connectivity index (χ1v) is 10.4. The highest BCUT2D eigenvalue weighted by Crippen LogP contribution is 2.40. The largest absolute Gasteiger partial charge is 0.287 e. The molecule has 0 bridgehead atoms. The van der Waals surface area contributed by atoms with Crippen molar-refractivity contribution in [3.8, 4) is 17.3 Å². The summed E-state index contributed by atoms with van der Waals surface area (Å²) in [5, 5.41) is 10.5. The van der Waals surface area contributed by atoms with E-state index in [9.17, 15) is 0 Å². The molecule has 2 aromatic heterocycles. The summed E-state index contributed by atoms with van der Waals surface area (Å²) in [6.45, 7) is 4.96. The molecule has 0 N–H and O–H groups in total. The number of terminal acetylenes is 1. The van der Waals surface area contributed by atoms with Gasteiger partial charge in [-0.2, -0.15) is 0 Å². The molecule has 3 aromatic rings. The smallest absolute Gasteiger partial charge is 0.160 e. The molecule has 0 saturated carbocycles. The molecule has 0 atom stereocenters. The van der Waals surface area contributed by atoms with Crippen LogP contribution in [0.15, 0.2) is 29.3 Å². The number of halogens is 1. The molecule has 0 fully saturated rings. The lowest BCUT2D eigenvalue weighted by Crippen LogP contribution is -2.30. The maximum atomic E-state index is 6.57. The van der Waals surface area contributed by atoms with Gasteiger partial charge in [-0.05, 0) is 25.0 Å². The van der Waals surface area contributed by atoms with E-state index in [4.69, 9.17) is 23.0 Å². The van der Waals surface area contributed by atoms with Gasteiger partial charge in [0.05, 0.1) is 12.3 Å². The number of thiophene rings is 1. The van der Waals surface area contributed by atoms with Crippen molar-refractivity contribution in [3.05, 3.63) is 62.5 Å². The van der Waals surface area contributed by atoms with Gasteiger partial charge in [-0.1, -0.05) is 35.7 Å². The van der Waals surface area contributed by atoms with Crippen molar-refractivity contribution in [3.63, 3.8) is 0 Å². The molecule has 0 unspecified atom stereocenters. The number of aryl methyl sites for hydroxylation is 1. The van der Waals surface area contributed by atoms with Gasteiger partial charge in [-0.25, -0.2) is 0 Å². The predicted octanol–water partition coefficient (Wildman–Crippen LogP) is 3.63. The Kier molecular flexibility index (Phi) is 4.31. The van der Waals surface area contributed by atoms with E-state index in [1.165, 1.54) is 16.0 Å². The van der Waals surface area contributed by atoms with Gasteiger partial charge in [0.25, 0.3) is 0 Å². The Hall–Kier alpha value is -2.46. The Morgan fingerprint density at radius 1 is 1.29 bits per heavy atom. The molecule has 1 aromatic carbocycles. The average molecular weight is 408 g/mol. The number of benzene rings is 1. The zero-order valence-electron chi connectivity index (χ0n) is 15.4. The highest BCUT2D eigenvalue weighted by Gasteiger charge is 2.31. The van der Waals surface area contributed by atoms with Crippen molar-refractivity contribution in [1.82, 2.24) is 19.7 Å². The third kappa shape index (κ3) is 2.70. The van der Waals surface area contributed by atoms with Crippen LogP contribution >= 0.6 is 22.9 Å². The van der Waals surface area contributed by atoms with Crippen LogP contribution < -0.4 is 0 Å². The number of rotatable bonds is 2. The molecule has 7 heteroatoms. The fourth-order valence-corrected chi connectivity index (χ4v) is 5.67. The van der Waals surface area contributed by atoms with Gasteiger partial charge in [-0.3, -0.25) is 14.5 Å². The lowest BCUT2D eigenvalue weighted by atomic mass is 9.95. The third-order valence-corrected chi connectivity index (χ3v) is 6.80. The normalized spacial score (nSPS) is 15.8. The van der Waals surface area contributed by atoms with Crippen LogP contribution in [0.3, 0.4) is 0 Å². The number of aliphatic imine (C=N–C) groups is 1. The Labute approximate surface area is 172 Å². The third-order valence-electron chi connectivity index (χ3n) is 5.27. The van der Waals surface area contributed by atoms with Gasteiger partial charge in [0.2, 0.25) is 0 Å². The quantitative estimate of drug-likeness (QED) is 0.609. The van der Waals surface area contributed by atoms with Crippen molar-refractivity contribution in [2.24, 2.45) is 4.99 Å². The highest BCUT2D eigenvalue weighted by atomic mass is 35.5. The molecular formula is C21H18ClN5S. The minimum atomic E-state index is 0.487. The van der Waals surface area contributed by atoms with E-state index in [2.05, 4.69) is 25.6 Å². The summed E-state index contributed by atoms with van der Waals surface area (Å²) in [4.78, 5) is 8.61. The van der Waals surface area contributed by atoms with Crippen molar-refractivity contribution >= 4 is 28.6 Å². The van der Waals surface area contributed by atoms with E-state index >= 15 is 0 Å². The minimum absolute atomic E-state index is 0.487. The second kappa shape index (κ2) is 6.85. The van der Waals surface area contributed by atoms with Gasteiger partial charge in [0.1, 0.15) is 17.4 Å². The SMILES string of the molecule is C#CCN1CCc2c(sc3c2C(c2ccccc2Cl)=NCc2nnc(C)n2-3)C1. The monoisotopic (exact) mass is 407 g/mol. The van der Waals surface area contributed by atoms with Crippen molar-refractivity contribution < 1.29 is 0 Å². The van der Waals surface area contributed by atoms with E-state index in [1.807, 2.05) is 31.2 Å². The van der Waals surface area contributed by atoms with E-state index < -0.39 is 0 Å². The fraction of sp³-hybridized carbons (Fsp3) is 0.286. The molecule has 28 heavy (non-hydrogen) atoms. The van der Waals surface area contributed by atoms with Crippen LogP contribution in [-0.4, -0.2) is 38.5 Å². The van der Waals surface area contributed by atoms with Crippen LogP contribution in [0, 0.1) is 19.3 Å². The Balaban J connectivity index is 1.74. The number of nitrogens with zero attached hydrogens (tertiary/aromatic N) is 5. The van der Waals surface area contributed by atoms with Crippen molar-refractivity contribution in [2.75, 3.05) is 13.1 Å². The summed E-state index contributed by atoms with van der Waals surface area (Å²) >= 11 is 8.36. The van der Waals surface area contributed by atoms with Gasteiger partial charge >= 0.3 is 0 Å². The molecule has 0 saturated heterocycles. The van der Waals surface area contributed by atoms with Crippen LogP contribution in [0.25, 0.3) is 5.00 Å². The summed E-state index contributed by atoms with van der Waals surface area (Å²) < 4.78 is 2.15. The zero-order valence-corrected chi connectivity index (χ0v) is 17.0. The second-order valence-corrected chi connectivity index (χ2v) is 8.48. The van der Waals surface area contributed by atoms with Gasteiger partial charge in [0.15, 0.2) is 5.82 Å². The fourth-order valence-electron chi connectivity index (χ4n) is 3.98. The summed E-state index contributed by atoms with van der Waals surface area (Å²) in [5.41, 5.74) is 4.45. The second-order valence-electron chi connectivity index (χ2n) is 6.99. The molecular weight excluding hydrogens is 390 g/mol. The molecule has 4 heterocycles. The minimum Gasteiger partial charge on any atom is -0.287 e. The first-order valence-electron chi connectivity index (χ1n) is 9.18. The number of hydrogen-bond donors (Lipinski definition) is 0. The summed E-state index contributed by atoms with van der Waals surface area (Å²) in [5.74, 6) is 4.51. The Morgan fingerprint density at radius 2 is 2.14 bits per heavy atom. The first kappa shape index (κ1) is 17.6. The maximum Gasteiger partial charge on any atom is 0.160 e. The highest BCUT2D eigenvalue weighted by molar-refractivity contribution is 7.15. The van der Waals surface area contributed by atoms with Crippen molar-refractivity contribution in [1.29, 1.82) is 0 Å². The predicted molar refractivity (Wildman–Crippen MR) is 113 cm³/mol. The molecule has 2 aliphatic rings. The van der Waals surface area contributed by atoms with Crippen LogP contribution in [0.5, 0.6) is 0 Å². The lowest BCUT2D eigenvalue weighted by molar-refractivity contribution is 0.290. The van der Waals surface area contributed by atoms with E-state index in [-0.39, 0.29) is 0 Å². The number of aromatic nitrogens is 3. The standard InChI is InChI=1S/C21H18ClN5S/c1-3-9-26-10-8-15-17(12-26)28-21-19(15)20(14-6-4-5-7-16(14)22)23-11-18-25-24-13(2)27(18)21/h1,4-7H,8-12H2,2H3. The molecule has 0 radical (unpaired) electrons. The molecule has 5 rings (SSSR count). The summed E-state index contributed by atoms with van der Waals surface area (Å²) in [6, 6.07) is 7.92. The molecule has 140 valence electrons. The molecule has 2 aliphatic heterocycles. The lowest BCUT2D eigenvalue weighted by Gasteiger charge is -2.25. The number of hydrogen-bond acceptors (Lipinski definition) is 5. The van der Waals surface area contributed by atoms with Gasteiger partial charge in [0, 0.05) is 34.1 Å². The van der Waals surface area contributed by atoms with E-state index in [1.54, 1.807) is 11.3 Å². The zero-order chi connectivity index (χ0) is 19.3. The maximum absolute atomic E-state index is 6.57. The van der Waals surface area contributed by atoms with Crippen LogP contribution in [-0.2, 0) is 19.5 Å². The van der Waals surface area contributed by atoms with Crippen LogP contribution in [0.1, 0.15) is 33.2 Å². The average Bonchev–Trinajstić information content (AvgIpc) is 3.19. The molecule has 0 spiro atoms. The van der Waals surface area contributed by atoms with E-state index in [0.717, 1.165) is 47.4 Å². The van der Waals surface area contributed by atoms with E-state index in [0.29, 0.717) is 18.1 Å². The summed E-state index contributed by atoms with van der Waals surface area (Å²) in [7, 11) is 0. The summed E-state index contributed by atoms with van der Waals surface area (Å²) in [6.07, 6.45) is 6.49. The molecule has 5 nitrogen and oxygen atoms in total. The van der Waals surface area contributed by atoms with Gasteiger partial charge in [-0.15, -0.1) is 28.0 Å². The van der Waals surface area contributed by atoms with Crippen molar-refractivity contribution in [2.45, 2.75) is 26.4 Å². The van der Waals surface area contributed by atoms with Crippen LogP contribution in [0.2, 0.25) is 5.02 Å². The molecule has 0 aliphatic carbocycles. The number of fused-ring (bicyclic) bond motifs is 5. The topological polar surface area (TPSA) is 46.3 Å². The Bertz CT molecular complexity index is 1150.